The zero-order valence-electron chi connectivity index (χ0n) is 16.9. The molecule has 4 heteroatoms. The number of aliphatic carboxylic acids is 2. The van der Waals surface area contributed by atoms with E-state index in [4.69, 9.17) is 10.2 Å². The van der Waals surface area contributed by atoms with E-state index in [0.29, 0.717) is 17.8 Å². The molecule has 0 bridgehead atoms. The van der Waals surface area contributed by atoms with Crippen molar-refractivity contribution < 1.29 is 19.8 Å². The van der Waals surface area contributed by atoms with Crippen LogP contribution in [0.5, 0.6) is 0 Å². The van der Waals surface area contributed by atoms with E-state index in [1.807, 2.05) is 13.8 Å². The van der Waals surface area contributed by atoms with Crippen molar-refractivity contribution in [2.24, 2.45) is 16.7 Å². The molecule has 0 amide bonds. The molecule has 1 unspecified atom stereocenters. The lowest BCUT2D eigenvalue weighted by Gasteiger charge is -2.23. The first-order valence-corrected chi connectivity index (χ1v) is 9.29. The Balaban J connectivity index is 0. The number of hydrogen-bond acceptors (Lipinski definition) is 2. The monoisotopic (exact) mass is 344 g/mol. The second kappa shape index (κ2) is 12.3. The van der Waals surface area contributed by atoms with Gasteiger partial charge in [0, 0.05) is 6.42 Å². The Kier molecular flexibility index (Phi) is 12.9. The summed E-state index contributed by atoms with van der Waals surface area (Å²) in [7, 11) is 0. The summed E-state index contributed by atoms with van der Waals surface area (Å²) in [5, 5.41) is 17.3. The Morgan fingerprint density at radius 3 is 1.79 bits per heavy atom. The normalized spacial score (nSPS) is 13.8. The predicted octanol–water partition coefficient (Wildman–Crippen LogP) is 5.99. The fourth-order valence-electron chi connectivity index (χ4n) is 2.15. The molecule has 0 heterocycles. The summed E-state index contributed by atoms with van der Waals surface area (Å²) in [6, 6.07) is 0. The maximum atomic E-state index is 10.9. The molecule has 0 saturated heterocycles. The van der Waals surface area contributed by atoms with Crippen LogP contribution in [0.25, 0.3) is 0 Å². The van der Waals surface area contributed by atoms with Gasteiger partial charge >= 0.3 is 11.9 Å². The molecule has 2 N–H and O–H groups in total. The number of carboxylic acid groups (broad SMARTS) is 2. The van der Waals surface area contributed by atoms with Crippen LogP contribution in [0, 0.1) is 16.7 Å². The zero-order valence-corrected chi connectivity index (χ0v) is 16.9. The molecule has 24 heavy (non-hydrogen) atoms. The summed E-state index contributed by atoms with van der Waals surface area (Å²) >= 11 is 0. The number of rotatable bonds is 10. The first kappa shape index (κ1) is 25.2. The van der Waals surface area contributed by atoms with Crippen molar-refractivity contribution in [2.75, 3.05) is 0 Å². The predicted molar refractivity (Wildman–Crippen MR) is 100 cm³/mol. The highest BCUT2D eigenvalue weighted by Gasteiger charge is 2.30. The lowest BCUT2D eigenvalue weighted by Crippen LogP contribution is -2.26. The van der Waals surface area contributed by atoms with Crippen LogP contribution >= 0.6 is 0 Å². The Labute approximate surface area is 149 Å². The van der Waals surface area contributed by atoms with E-state index >= 15 is 0 Å². The van der Waals surface area contributed by atoms with Crippen molar-refractivity contribution in [3.63, 3.8) is 0 Å². The lowest BCUT2D eigenvalue weighted by molar-refractivity contribution is -0.148. The average molecular weight is 345 g/mol. The topological polar surface area (TPSA) is 74.6 Å². The molecule has 0 aromatic carbocycles. The molecule has 0 fully saturated rings. The van der Waals surface area contributed by atoms with Crippen molar-refractivity contribution >= 4 is 11.9 Å². The van der Waals surface area contributed by atoms with Gasteiger partial charge in [-0.05, 0) is 50.4 Å². The Morgan fingerprint density at radius 2 is 1.46 bits per heavy atom. The third kappa shape index (κ3) is 15.8. The van der Waals surface area contributed by atoms with Crippen molar-refractivity contribution in [1.82, 2.24) is 0 Å². The number of carboxylic acids is 2. The first-order valence-electron chi connectivity index (χ1n) is 9.29. The molecule has 144 valence electrons. The molecule has 0 aliphatic heterocycles. The van der Waals surface area contributed by atoms with Gasteiger partial charge in [0.25, 0.3) is 0 Å². The van der Waals surface area contributed by atoms with Crippen LogP contribution in [0.4, 0.5) is 0 Å². The van der Waals surface area contributed by atoms with Gasteiger partial charge < -0.3 is 10.2 Å². The second-order valence-corrected chi connectivity index (χ2v) is 8.67. The van der Waals surface area contributed by atoms with Gasteiger partial charge in [-0.15, -0.1) is 0 Å². The molecule has 1 atom stereocenters. The highest BCUT2D eigenvalue weighted by atomic mass is 16.4. The second-order valence-electron chi connectivity index (χ2n) is 8.67. The molecule has 0 saturated carbocycles. The molecule has 0 aliphatic carbocycles. The summed E-state index contributed by atoms with van der Waals surface area (Å²) in [4.78, 5) is 21.0. The van der Waals surface area contributed by atoms with E-state index in [1.165, 1.54) is 6.42 Å². The van der Waals surface area contributed by atoms with E-state index in [-0.39, 0.29) is 0 Å². The first-order chi connectivity index (χ1) is 10.8. The van der Waals surface area contributed by atoms with Crippen molar-refractivity contribution in [1.29, 1.82) is 0 Å². The average Bonchev–Trinajstić information content (AvgIpc) is 2.43. The van der Waals surface area contributed by atoms with Crippen LogP contribution in [0.2, 0.25) is 0 Å². The summed E-state index contributed by atoms with van der Waals surface area (Å²) in [5.74, 6) is -0.744. The smallest absolute Gasteiger partial charge is 0.309 e. The Morgan fingerprint density at radius 1 is 0.917 bits per heavy atom. The van der Waals surface area contributed by atoms with Crippen LogP contribution in [0.15, 0.2) is 0 Å². The van der Waals surface area contributed by atoms with E-state index in [9.17, 15) is 9.59 Å². The van der Waals surface area contributed by atoms with Gasteiger partial charge in [-0.3, -0.25) is 9.59 Å². The molecule has 0 aliphatic rings. The molecular formula is C20H40O4. The standard InChI is InChI=1S/2C10H20O2/c1-10(2,3)8-6-4-5-7-9(11)12;1-5-10(4,9(11)12)7-6-8(2)3/h4-8H2,1-3H3,(H,11,12);8H,5-7H2,1-4H3,(H,11,12). The molecule has 0 aromatic rings. The van der Waals surface area contributed by atoms with Crippen molar-refractivity contribution in [3.05, 3.63) is 0 Å². The number of unbranched alkanes of at least 4 members (excludes halogenated alkanes) is 2. The fraction of sp³-hybridized carbons (Fsp3) is 0.900. The van der Waals surface area contributed by atoms with E-state index in [0.717, 1.165) is 38.5 Å². The van der Waals surface area contributed by atoms with Crippen molar-refractivity contribution in [2.45, 2.75) is 99.8 Å². The fourth-order valence-corrected chi connectivity index (χ4v) is 2.15. The van der Waals surface area contributed by atoms with Gasteiger partial charge in [-0.2, -0.15) is 0 Å². The molecule has 4 nitrogen and oxygen atoms in total. The third-order valence-corrected chi connectivity index (χ3v) is 4.39. The number of carbonyl (C=O) groups is 2. The van der Waals surface area contributed by atoms with E-state index in [2.05, 4.69) is 34.6 Å². The van der Waals surface area contributed by atoms with Gasteiger partial charge in [0.05, 0.1) is 5.41 Å². The summed E-state index contributed by atoms with van der Waals surface area (Å²) < 4.78 is 0. The minimum Gasteiger partial charge on any atom is -0.481 e. The zero-order chi connectivity index (χ0) is 19.4. The Bertz CT molecular complexity index is 355. The minimum atomic E-state index is -0.675. The molecule has 0 spiro atoms. The van der Waals surface area contributed by atoms with Gasteiger partial charge in [-0.1, -0.05) is 54.4 Å². The maximum Gasteiger partial charge on any atom is 0.309 e. The minimum absolute atomic E-state index is 0.324. The summed E-state index contributed by atoms with van der Waals surface area (Å²) in [6.07, 6.45) is 7.03. The molecular weight excluding hydrogens is 304 g/mol. The lowest BCUT2D eigenvalue weighted by atomic mass is 9.81. The quantitative estimate of drug-likeness (QED) is 0.477. The van der Waals surface area contributed by atoms with Gasteiger partial charge in [0.1, 0.15) is 0 Å². The maximum absolute atomic E-state index is 10.9. The third-order valence-electron chi connectivity index (χ3n) is 4.39. The van der Waals surface area contributed by atoms with Gasteiger partial charge in [0.2, 0.25) is 0 Å². The van der Waals surface area contributed by atoms with Crippen LogP contribution in [0.3, 0.4) is 0 Å². The van der Waals surface area contributed by atoms with Crippen LogP contribution in [0.1, 0.15) is 99.8 Å². The van der Waals surface area contributed by atoms with E-state index in [1.54, 1.807) is 0 Å². The molecule has 0 rings (SSSR count). The van der Waals surface area contributed by atoms with Crippen molar-refractivity contribution in [3.8, 4) is 0 Å². The van der Waals surface area contributed by atoms with Gasteiger partial charge in [-0.25, -0.2) is 0 Å². The number of hydrogen-bond donors (Lipinski definition) is 2. The van der Waals surface area contributed by atoms with Crippen LogP contribution in [-0.2, 0) is 9.59 Å². The summed E-state index contributed by atoms with van der Waals surface area (Å²) in [5.41, 5.74) is -0.118. The largest absolute Gasteiger partial charge is 0.481 e. The molecule has 0 aromatic heterocycles. The van der Waals surface area contributed by atoms with Gasteiger partial charge in [0.15, 0.2) is 0 Å². The Hall–Kier alpha value is -1.06. The highest BCUT2D eigenvalue weighted by molar-refractivity contribution is 5.73. The highest BCUT2D eigenvalue weighted by Crippen LogP contribution is 2.29. The SMILES string of the molecule is CC(C)(C)CCCCCC(=O)O.CCC(C)(CCC(C)C)C(=O)O. The van der Waals surface area contributed by atoms with E-state index < -0.39 is 17.4 Å². The summed E-state index contributed by atoms with van der Waals surface area (Å²) in [6.45, 7) is 14.7. The van der Waals surface area contributed by atoms with Crippen LogP contribution < -0.4 is 0 Å². The van der Waals surface area contributed by atoms with Crippen LogP contribution in [-0.4, -0.2) is 22.2 Å². The molecule has 0 radical (unpaired) electrons.